The molecule has 3 N–H and O–H groups in total. The van der Waals surface area contributed by atoms with E-state index in [0.29, 0.717) is 12.2 Å². The van der Waals surface area contributed by atoms with Crippen molar-refractivity contribution in [2.45, 2.75) is 32.7 Å². The molecular weight excluding hydrogens is 234 g/mol. The molecule has 0 atom stereocenters. The lowest BCUT2D eigenvalue weighted by atomic mass is 10.1. The van der Waals surface area contributed by atoms with Gasteiger partial charge in [-0.2, -0.15) is 0 Å². The van der Waals surface area contributed by atoms with Crippen LogP contribution >= 0.6 is 0 Å². The van der Waals surface area contributed by atoms with Crippen molar-refractivity contribution >= 4 is 11.4 Å². The summed E-state index contributed by atoms with van der Waals surface area (Å²) < 4.78 is 0. The fraction of sp³-hybridized carbons (Fsp3) is 0.312. The fourth-order valence-corrected chi connectivity index (χ4v) is 1.90. The molecule has 3 heteroatoms. The van der Waals surface area contributed by atoms with Gasteiger partial charge in [-0.15, -0.1) is 0 Å². The number of unbranched alkanes of at least 4 members (excludes halogenated alkanes) is 1. The number of pyridine rings is 1. The van der Waals surface area contributed by atoms with Gasteiger partial charge in [-0.1, -0.05) is 25.5 Å². The number of benzene rings is 1. The van der Waals surface area contributed by atoms with Gasteiger partial charge in [0.05, 0.1) is 24.1 Å². The minimum Gasteiger partial charge on any atom is -0.397 e. The van der Waals surface area contributed by atoms with Crippen LogP contribution in [0.15, 0.2) is 42.6 Å². The maximum Gasteiger partial charge on any atom is 0.0596 e. The third kappa shape index (κ3) is 4.28. The van der Waals surface area contributed by atoms with Crippen molar-refractivity contribution in [3.05, 3.63) is 53.9 Å². The van der Waals surface area contributed by atoms with Crippen molar-refractivity contribution in [3.63, 3.8) is 0 Å². The summed E-state index contributed by atoms with van der Waals surface area (Å²) in [5.74, 6) is 0. The Labute approximate surface area is 114 Å². The smallest absolute Gasteiger partial charge is 0.0596 e. The minimum absolute atomic E-state index is 0.698. The Kier molecular flexibility index (Phi) is 4.78. The molecule has 0 unspecified atom stereocenters. The lowest BCUT2D eigenvalue weighted by Gasteiger charge is -2.07. The summed E-state index contributed by atoms with van der Waals surface area (Å²) in [7, 11) is 0. The Bertz CT molecular complexity index is 488. The summed E-state index contributed by atoms with van der Waals surface area (Å²) in [5.41, 5.74) is 9.82. The lowest BCUT2D eigenvalue weighted by Crippen LogP contribution is -2.02. The zero-order chi connectivity index (χ0) is 13.5. The molecule has 0 bridgehead atoms. The number of hydrogen-bond donors (Lipinski definition) is 2. The van der Waals surface area contributed by atoms with Gasteiger partial charge in [-0.25, -0.2) is 0 Å². The van der Waals surface area contributed by atoms with Crippen molar-refractivity contribution in [1.82, 2.24) is 4.98 Å². The normalized spacial score (nSPS) is 10.4. The van der Waals surface area contributed by atoms with Crippen LogP contribution in [0.25, 0.3) is 0 Å². The number of anilines is 2. The molecule has 19 heavy (non-hydrogen) atoms. The molecule has 0 aliphatic rings. The highest BCUT2D eigenvalue weighted by Gasteiger charge is 1.97. The highest BCUT2D eigenvalue weighted by molar-refractivity contribution is 5.45. The van der Waals surface area contributed by atoms with E-state index in [1.165, 1.54) is 18.4 Å². The van der Waals surface area contributed by atoms with Crippen molar-refractivity contribution in [1.29, 1.82) is 0 Å². The van der Waals surface area contributed by atoms with E-state index in [9.17, 15) is 0 Å². The second-order valence-corrected chi connectivity index (χ2v) is 4.74. The molecule has 2 aromatic rings. The van der Waals surface area contributed by atoms with Gasteiger partial charge in [0.1, 0.15) is 0 Å². The van der Waals surface area contributed by atoms with E-state index in [-0.39, 0.29) is 0 Å². The molecule has 3 nitrogen and oxygen atoms in total. The van der Waals surface area contributed by atoms with Crippen molar-refractivity contribution in [2.24, 2.45) is 0 Å². The van der Waals surface area contributed by atoms with Crippen LogP contribution in [0.2, 0.25) is 0 Å². The van der Waals surface area contributed by atoms with Gasteiger partial charge >= 0.3 is 0 Å². The SMILES string of the molecule is CCCCc1ccc(NCc2ccc(N)cn2)cc1. The minimum atomic E-state index is 0.698. The largest absolute Gasteiger partial charge is 0.397 e. The predicted octanol–water partition coefficient (Wildman–Crippen LogP) is 3.62. The second-order valence-electron chi connectivity index (χ2n) is 4.74. The topological polar surface area (TPSA) is 50.9 Å². The first-order valence-electron chi connectivity index (χ1n) is 6.81. The van der Waals surface area contributed by atoms with Gasteiger partial charge in [-0.05, 0) is 42.7 Å². The van der Waals surface area contributed by atoms with E-state index in [2.05, 4.69) is 41.5 Å². The lowest BCUT2D eigenvalue weighted by molar-refractivity contribution is 0.795. The van der Waals surface area contributed by atoms with E-state index in [4.69, 9.17) is 5.73 Å². The van der Waals surface area contributed by atoms with E-state index in [1.807, 2.05) is 12.1 Å². The zero-order valence-electron chi connectivity index (χ0n) is 11.4. The van der Waals surface area contributed by atoms with Crippen LogP contribution < -0.4 is 11.1 Å². The monoisotopic (exact) mass is 255 g/mol. The van der Waals surface area contributed by atoms with Crippen LogP contribution in [-0.4, -0.2) is 4.98 Å². The molecule has 0 amide bonds. The van der Waals surface area contributed by atoms with Gasteiger partial charge < -0.3 is 11.1 Å². The molecule has 0 saturated carbocycles. The van der Waals surface area contributed by atoms with Gasteiger partial charge in [0.15, 0.2) is 0 Å². The number of aryl methyl sites for hydroxylation is 1. The van der Waals surface area contributed by atoms with Gasteiger partial charge in [0.25, 0.3) is 0 Å². The number of hydrogen-bond acceptors (Lipinski definition) is 3. The summed E-state index contributed by atoms with van der Waals surface area (Å²) in [4.78, 5) is 4.26. The van der Waals surface area contributed by atoms with Crippen LogP contribution in [0, 0.1) is 0 Å². The van der Waals surface area contributed by atoms with Crippen LogP contribution in [-0.2, 0) is 13.0 Å². The third-order valence-corrected chi connectivity index (χ3v) is 3.09. The van der Waals surface area contributed by atoms with Crippen molar-refractivity contribution < 1.29 is 0 Å². The second kappa shape index (κ2) is 6.78. The summed E-state index contributed by atoms with van der Waals surface area (Å²) >= 11 is 0. The standard InChI is InChI=1S/C16H21N3/c1-2-3-4-13-5-8-15(9-6-13)19-12-16-10-7-14(17)11-18-16/h5-11,19H,2-4,12,17H2,1H3. The Balaban J connectivity index is 1.87. The van der Waals surface area contributed by atoms with E-state index in [0.717, 1.165) is 17.8 Å². The zero-order valence-corrected chi connectivity index (χ0v) is 11.4. The number of aromatic nitrogens is 1. The molecule has 2 rings (SSSR count). The number of nitrogens with one attached hydrogen (secondary N) is 1. The summed E-state index contributed by atoms with van der Waals surface area (Å²) in [6.07, 6.45) is 5.34. The Morgan fingerprint density at radius 1 is 1.11 bits per heavy atom. The maximum absolute atomic E-state index is 5.61. The molecule has 0 aliphatic carbocycles. The van der Waals surface area contributed by atoms with Crippen molar-refractivity contribution in [3.8, 4) is 0 Å². The van der Waals surface area contributed by atoms with Crippen LogP contribution in [0.3, 0.4) is 0 Å². The first kappa shape index (κ1) is 13.4. The van der Waals surface area contributed by atoms with Crippen LogP contribution in [0.4, 0.5) is 11.4 Å². The molecule has 1 aromatic carbocycles. The Hall–Kier alpha value is -2.03. The molecule has 1 aromatic heterocycles. The van der Waals surface area contributed by atoms with Gasteiger partial charge in [-0.3, -0.25) is 4.98 Å². The Morgan fingerprint density at radius 2 is 1.89 bits per heavy atom. The molecule has 0 spiro atoms. The van der Waals surface area contributed by atoms with Crippen molar-refractivity contribution in [2.75, 3.05) is 11.1 Å². The molecule has 0 aliphatic heterocycles. The number of nitrogen functional groups attached to an aromatic ring is 1. The Morgan fingerprint density at radius 3 is 2.53 bits per heavy atom. The molecule has 1 heterocycles. The van der Waals surface area contributed by atoms with E-state index in [1.54, 1.807) is 6.20 Å². The maximum atomic E-state index is 5.61. The highest BCUT2D eigenvalue weighted by Crippen LogP contribution is 2.13. The average molecular weight is 255 g/mol. The number of rotatable bonds is 6. The van der Waals surface area contributed by atoms with Crippen LogP contribution in [0.5, 0.6) is 0 Å². The first-order chi connectivity index (χ1) is 9.28. The first-order valence-corrected chi connectivity index (χ1v) is 6.81. The summed E-state index contributed by atoms with van der Waals surface area (Å²) in [6.45, 7) is 2.93. The summed E-state index contributed by atoms with van der Waals surface area (Å²) in [5, 5.41) is 3.36. The van der Waals surface area contributed by atoms with Gasteiger partial charge in [0, 0.05) is 5.69 Å². The van der Waals surface area contributed by atoms with E-state index >= 15 is 0 Å². The summed E-state index contributed by atoms with van der Waals surface area (Å²) in [6, 6.07) is 12.4. The molecular formula is C16H21N3. The van der Waals surface area contributed by atoms with Crippen LogP contribution in [0.1, 0.15) is 31.0 Å². The molecule has 100 valence electrons. The van der Waals surface area contributed by atoms with Gasteiger partial charge in [0.2, 0.25) is 0 Å². The van der Waals surface area contributed by atoms with E-state index < -0.39 is 0 Å². The average Bonchev–Trinajstić information content (AvgIpc) is 2.46. The molecule has 0 radical (unpaired) electrons. The molecule has 0 saturated heterocycles. The third-order valence-electron chi connectivity index (χ3n) is 3.09. The quantitative estimate of drug-likeness (QED) is 0.829. The fourth-order valence-electron chi connectivity index (χ4n) is 1.90. The number of nitrogens with zero attached hydrogens (tertiary/aromatic N) is 1. The number of nitrogens with two attached hydrogens (primary N) is 1. The molecule has 0 fully saturated rings. The predicted molar refractivity (Wildman–Crippen MR) is 81.0 cm³/mol. The highest BCUT2D eigenvalue weighted by atomic mass is 14.9.